The zero-order valence-electron chi connectivity index (χ0n) is 9.76. The Kier molecular flexibility index (Phi) is 3.46. The summed E-state index contributed by atoms with van der Waals surface area (Å²) in [6, 6.07) is 8.03. The van der Waals surface area contributed by atoms with Crippen LogP contribution in [-0.2, 0) is 6.54 Å². The number of aliphatic hydroxyl groups excluding tert-OH is 1. The van der Waals surface area contributed by atoms with Crippen LogP contribution in [0.1, 0.15) is 18.9 Å². The van der Waals surface area contributed by atoms with Gasteiger partial charge in [-0.2, -0.15) is 0 Å². The Morgan fingerprint density at radius 2 is 2.38 bits per heavy atom. The minimum absolute atomic E-state index is 0.189. The second-order valence-electron chi connectivity index (χ2n) is 4.77. The van der Waals surface area contributed by atoms with E-state index < -0.39 is 0 Å². The van der Waals surface area contributed by atoms with Gasteiger partial charge in [0.25, 0.3) is 0 Å². The van der Waals surface area contributed by atoms with Crippen molar-refractivity contribution in [1.29, 1.82) is 0 Å². The molecule has 88 valence electrons. The summed E-state index contributed by atoms with van der Waals surface area (Å²) in [4.78, 5) is 2.38. The lowest BCUT2D eigenvalue weighted by molar-refractivity contribution is 0.127. The van der Waals surface area contributed by atoms with Gasteiger partial charge < -0.3 is 10.8 Å². The third-order valence-electron chi connectivity index (χ3n) is 3.35. The van der Waals surface area contributed by atoms with Crippen molar-refractivity contribution in [3.63, 3.8) is 0 Å². The number of hydrogen-bond acceptors (Lipinski definition) is 3. The average Bonchev–Trinajstić information content (AvgIpc) is 2.66. The van der Waals surface area contributed by atoms with Crippen LogP contribution in [0, 0.1) is 5.92 Å². The van der Waals surface area contributed by atoms with Crippen molar-refractivity contribution in [3.8, 4) is 0 Å². The van der Waals surface area contributed by atoms with Crippen LogP contribution in [0.25, 0.3) is 0 Å². The van der Waals surface area contributed by atoms with E-state index in [0.717, 1.165) is 31.7 Å². The van der Waals surface area contributed by atoms with E-state index in [1.54, 1.807) is 0 Å². The molecule has 1 aromatic carbocycles. The summed E-state index contributed by atoms with van der Waals surface area (Å²) in [5.41, 5.74) is 7.83. The molecule has 0 aromatic heterocycles. The number of aliphatic hydroxyl groups is 1. The lowest BCUT2D eigenvalue weighted by Crippen LogP contribution is -2.23. The highest BCUT2D eigenvalue weighted by Crippen LogP contribution is 2.21. The molecule has 16 heavy (non-hydrogen) atoms. The minimum atomic E-state index is -0.189. The highest BCUT2D eigenvalue weighted by molar-refractivity contribution is 5.40. The monoisotopic (exact) mass is 220 g/mol. The fourth-order valence-corrected chi connectivity index (χ4v) is 2.35. The molecule has 2 unspecified atom stereocenters. The number of nitrogens with zero attached hydrogens (tertiary/aromatic N) is 1. The molecule has 0 bridgehead atoms. The first-order chi connectivity index (χ1) is 7.65. The maximum absolute atomic E-state index is 9.53. The molecule has 3 heteroatoms. The quantitative estimate of drug-likeness (QED) is 0.758. The molecular weight excluding hydrogens is 200 g/mol. The van der Waals surface area contributed by atoms with E-state index >= 15 is 0 Å². The van der Waals surface area contributed by atoms with Crippen LogP contribution in [0.3, 0.4) is 0 Å². The Bertz CT molecular complexity index is 352. The molecule has 2 rings (SSSR count). The van der Waals surface area contributed by atoms with Crippen LogP contribution in [0.5, 0.6) is 0 Å². The highest BCUT2D eigenvalue weighted by Gasteiger charge is 2.25. The smallest absolute Gasteiger partial charge is 0.0552 e. The molecule has 0 spiro atoms. The molecule has 0 amide bonds. The van der Waals surface area contributed by atoms with Gasteiger partial charge in [-0.25, -0.2) is 0 Å². The topological polar surface area (TPSA) is 49.5 Å². The maximum atomic E-state index is 9.53. The number of benzene rings is 1. The molecule has 1 aliphatic rings. The number of likely N-dealkylation sites (tertiary alicyclic amines) is 1. The van der Waals surface area contributed by atoms with Gasteiger partial charge in [-0.3, -0.25) is 4.90 Å². The van der Waals surface area contributed by atoms with Crippen molar-refractivity contribution in [3.05, 3.63) is 29.8 Å². The van der Waals surface area contributed by atoms with Crippen LogP contribution in [-0.4, -0.2) is 29.2 Å². The second kappa shape index (κ2) is 4.85. The molecule has 1 heterocycles. The molecular formula is C13H20N2O. The van der Waals surface area contributed by atoms with Gasteiger partial charge in [-0.15, -0.1) is 0 Å². The third-order valence-corrected chi connectivity index (χ3v) is 3.35. The first-order valence-corrected chi connectivity index (χ1v) is 5.90. The van der Waals surface area contributed by atoms with Crippen molar-refractivity contribution in [2.45, 2.75) is 26.0 Å². The molecule has 2 atom stereocenters. The molecule has 0 aliphatic carbocycles. The van der Waals surface area contributed by atoms with Gasteiger partial charge in [0.15, 0.2) is 0 Å². The fraction of sp³-hybridized carbons (Fsp3) is 0.538. The van der Waals surface area contributed by atoms with Crippen molar-refractivity contribution in [1.82, 2.24) is 4.90 Å². The van der Waals surface area contributed by atoms with Gasteiger partial charge in [-0.05, 0) is 43.5 Å². The second-order valence-corrected chi connectivity index (χ2v) is 4.77. The van der Waals surface area contributed by atoms with E-state index in [-0.39, 0.29) is 6.10 Å². The van der Waals surface area contributed by atoms with Crippen LogP contribution in [0.15, 0.2) is 24.3 Å². The van der Waals surface area contributed by atoms with Gasteiger partial charge in [0.2, 0.25) is 0 Å². The molecule has 1 fully saturated rings. The summed E-state index contributed by atoms with van der Waals surface area (Å²) in [5.74, 6) is 0.432. The van der Waals surface area contributed by atoms with Gasteiger partial charge in [0.1, 0.15) is 0 Å². The zero-order chi connectivity index (χ0) is 11.5. The Hall–Kier alpha value is -1.06. The normalized spacial score (nSPS) is 23.5. The summed E-state index contributed by atoms with van der Waals surface area (Å²) < 4.78 is 0. The SMILES string of the molecule is CC(O)C1CCN(Cc2cccc(N)c2)C1. The predicted molar refractivity (Wildman–Crippen MR) is 65.9 cm³/mol. The molecule has 1 saturated heterocycles. The standard InChI is InChI=1S/C13H20N2O/c1-10(16)12-5-6-15(9-12)8-11-3-2-4-13(14)7-11/h2-4,7,10,12,16H,5-6,8-9,14H2,1H3. The summed E-state index contributed by atoms with van der Waals surface area (Å²) >= 11 is 0. The molecule has 1 aliphatic heterocycles. The maximum Gasteiger partial charge on any atom is 0.0552 e. The van der Waals surface area contributed by atoms with Crippen molar-refractivity contribution >= 4 is 5.69 Å². The van der Waals surface area contributed by atoms with E-state index in [1.807, 2.05) is 25.1 Å². The number of nitrogen functional groups attached to an aromatic ring is 1. The van der Waals surface area contributed by atoms with Gasteiger partial charge in [0.05, 0.1) is 6.10 Å². The molecule has 0 saturated carbocycles. The highest BCUT2D eigenvalue weighted by atomic mass is 16.3. The Morgan fingerprint density at radius 1 is 1.56 bits per heavy atom. The zero-order valence-corrected chi connectivity index (χ0v) is 9.76. The van der Waals surface area contributed by atoms with Crippen LogP contribution in [0.2, 0.25) is 0 Å². The number of anilines is 1. The first kappa shape index (κ1) is 11.4. The van der Waals surface area contributed by atoms with E-state index in [0.29, 0.717) is 5.92 Å². The van der Waals surface area contributed by atoms with Crippen LogP contribution >= 0.6 is 0 Å². The van der Waals surface area contributed by atoms with E-state index in [2.05, 4.69) is 11.0 Å². The van der Waals surface area contributed by atoms with Crippen molar-refractivity contribution in [2.75, 3.05) is 18.8 Å². The van der Waals surface area contributed by atoms with Gasteiger partial charge >= 0.3 is 0 Å². The lowest BCUT2D eigenvalue weighted by Gasteiger charge is -2.17. The van der Waals surface area contributed by atoms with E-state index in [9.17, 15) is 5.11 Å². The largest absolute Gasteiger partial charge is 0.399 e. The number of rotatable bonds is 3. The van der Waals surface area contributed by atoms with Crippen LogP contribution < -0.4 is 5.73 Å². The van der Waals surface area contributed by atoms with Gasteiger partial charge in [0, 0.05) is 18.8 Å². The fourth-order valence-electron chi connectivity index (χ4n) is 2.35. The van der Waals surface area contributed by atoms with Gasteiger partial charge in [-0.1, -0.05) is 12.1 Å². The summed E-state index contributed by atoms with van der Waals surface area (Å²) in [7, 11) is 0. The molecule has 3 N–H and O–H groups in total. The minimum Gasteiger partial charge on any atom is -0.399 e. The van der Waals surface area contributed by atoms with E-state index in [1.165, 1.54) is 5.56 Å². The Labute approximate surface area is 96.9 Å². The number of nitrogens with two attached hydrogens (primary N) is 1. The van der Waals surface area contributed by atoms with E-state index in [4.69, 9.17) is 5.73 Å². The Morgan fingerprint density at radius 3 is 3.00 bits per heavy atom. The predicted octanol–water partition coefficient (Wildman–Crippen LogP) is 1.47. The molecule has 1 aromatic rings. The third kappa shape index (κ3) is 2.74. The average molecular weight is 220 g/mol. The summed E-state index contributed by atoms with van der Waals surface area (Å²) in [5, 5.41) is 9.53. The first-order valence-electron chi connectivity index (χ1n) is 5.90. The summed E-state index contributed by atoms with van der Waals surface area (Å²) in [6.45, 7) is 4.89. The van der Waals surface area contributed by atoms with Crippen LogP contribution in [0.4, 0.5) is 5.69 Å². The lowest BCUT2D eigenvalue weighted by atomic mass is 10.0. The summed E-state index contributed by atoms with van der Waals surface area (Å²) in [6.07, 6.45) is 0.908. The Balaban J connectivity index is 1.92. The van der Waals surface area contributed by atoms with Crippen molar-refractivity contribution < 1.29 is 5.11 Å². The number of hydrogen-bond donors (Lipinski definition) is 2. The molecule has 0 radical (unpaired) electrons. The van der Waals surface area contributed by atoms with Crippen molar-refractivity contribution in [2.24, 2.45) is 5.92 Å². The molecule has 3 nitrogen and oxygen atoms in total.